The molecular formula is C12H20N4. The second-order valence-electron chi connectivity index (χ2n) is 4.28. The standard InChI is InChI=1S/C12H20N4/c1-3-6-13-11-9-12(15-10(2)14-11)16-7-4-5-8-16/h9H,3-8H2,1-2H3,(H,13,14,15). The predicted molar refractivity (Wildman–Crippen MR) is 67.0 cm³/mol. The van der Waals surface area contributed by atoms with Crippen molar-refractivity contribution in [2.45, 2.75) is 33.1 Å². The van der Waals surface area contributed by atoms with Crippen LogP contribution in [0.25, 0.3) is 0 Å². The molecular weight excluding hydrogens is 200 g/mol. The molecule has 4 nitrogen and oxygen atoms in total. The fourth-order valence-corrected chi connectivity index (χ4v) is 2.00. The zero-order chi connectivity index (χ0) is 11.4. The van der Waals surface area contributed by atoms with E-state index in [4.69, 9.17) is 0 Å². The Balaban J connectivity index is 2.14. The molecule has 0 saturated carbocycles. The lowest BCUT2D eigenvalue weighted by atomic mass is 10.4. The first-order valence-electron chi connectivity index (χ1n) is 6.14. The minimum atomic E-state index is 0.850. The molecule has 1 aromatic heterocycles. The van der Waals surface area contributed by atoms with Gasteiger partial charge in [-0.3, -0.25) is 0 Å². The summed E-state index contributed by atoms with van der Waals surface area (Å²) in [6.45, 7) is 7.34. The van der Waals surface area contributed by atoms with Crippen LogP contribution < -0.4 is 10.2 Å². The summed E-state index contributed by atoms with van der Waals surface area (Å²) >= 11 is 0. The van der Waals surface area contributed by atoms with E-state index in [9.17, 15) is 0 Å². The van der Waals surface area contributed by atoms with E-state index in [2.05, 4.69) is 33.2 Å². The maximum Gasteiger partial charge on any atom is 0.134 e. The number of nitrogens with one attached hydrogen (secondary N) is 1. The van der Waals surface area contributed by atoms with Gasteiger partial charge in [0.15, 0.2) is 0 Å². The van der Waals surface area contributed by atoms with Gasteiger partial charge in [0, 0.05) is 25.7 Å². The van der Waals surface area contributed by atoms with Gasteiger partial charge in [0.2, 0.25) is 0 Å². The van der Waals surface area contributed by atoms with Gasteiger partial charge in [0.1, 0.15) is 17.5 Å². The van der Waals surface area contributed by atoms with Gasteiger partial charge in [0.25, 0.3) is 0 Å². The highest BCUT2D eigenvalue weighted by Crippen LogP contribution is 2.20. The Hall–Kier alpha value is -1.32. The Labute approximate surface area is 97.1 Å². The lowest BCUT2D eigenvalue weighted by Crippen LogP contribution is -2.20. The maximum atomic E-state index is 4.50. The topological polar surface area (TPSA) is 41.0 Å². The van der Waals surface area contributed by atoms with E-state index in [0.717, 1.165) is 43.5 Å². The highest BCUT2D eigenvalue weighted by molar-refractivity contribution is 5.49. The number of hydrogen-bond acceptors (Lipinski definition) is 4. The number of rotatable bonds is 4. The third-order valence-corrected chi connectivity index (χ3v) is 2.81. The lowest BCUT2D eigenvalue weighted by Gasteiger charge is -2.17. The van der Waals surface area contributed by atoms with Crippen LogP contribution in [0.15, 0.2) is 6.07 Å². The molecule has 0 aromatic carbocycles. The fourth-order valence-electron chi connectivity index (χ4n) is 2.00. The van der Waals surface area contributed by atoms with Gasteiger partial charge in [-0.05, 0) is 26.2 Å². The molecule has 0 aliphatic carbocycles. The maximum absolute atomic E-state index is 4.50. The number of anilines is 2. The van der Waals surface area contributed by atoms with Crippen LogP contribution in [0.5, 0.6) is 0 Å². The van der Waals surface area contributed by atoms with Crippen LogP contribution in [-0.4, -0.2) is 29.6 Å². The van der Waals surface area contributed by atoms with E-state index in [1.165, 1.54) is 12.8 Å². The van der Waals surface area contributed by atoms with Crippen LogP contribution >= 0.6 is 0 Å². The molecule has 0 atom stereocenters. The third kappa shape index (κ3) is 2.62. The first-order valence-corrected chi connectivity index (χ1v) is 6.14. The molecule has 1 N–H and O–H groups in total. The number of aromatic nitrogens is 2. The van der Waals surface area contributed by atoms with E-state index in [1.807, 2.05) is 6.92 Å². The molecule has 1 saturated heterocycles. The SMILES string of the molecule is CCCNc1cc(N2CCCC2)nc(C)n1. The second-order valence-corrected chi connectivity index (χ2v) is 4.28. The highest BCUT2D eigenvalue weighted by atomic mass is 15.2. The van der Waals surface area contributed by atoms with E-state index in [0.29, 0.717) is 0 Å². The Kier molecular flexibility index (Phi) is 3.59. The molecule has 16 heavy (non-hydrogen) atoms. The second kappa shape index (κ2) is 5.14. The summed E-state index contributed by atoms with van der Waals surface area (Å²) in [5.41, 5.74) is 0. The fraction of sp³-hybridized carbons (Fsp3) is 0.667. The molecule has 88 valence electrons. The largest absolute Gasteiger partial charge is 0.370 e. The van der Waals surface area contributed by atoms with Crippen LogP contribution in [0.4, 0.5) is 11.6 Å². The Bertz CT molecular complexity index is 345. The summed E-state index contributed by atoms with van der Waals surface area (Å²) in [5.74, 6) is 2.88. The first-order chi connectivity index (χ1) is 7.79. The van der Waals surface area contributed by atoms with Crippen molar-refractivity contribution in [2.75, 3.05) is 29.9 Å². The average molecular weight is 220 g/mol. The van der Waals surface area contributed by atoms with E-state index in [-0.39, 0.29) is 0 Å². The van der Waals surface area contributed by atoms with Crippen molar-refractivity contribution in [2.24, 2.45) is 0 Å². The van der Waals surface area contributed by atoms with Crippen molar-refractivity contribution in [3.63, 3.8) is 0 Å². The number of nitrogens with zero attached hydrogens (tertiary/aromatic N) is 3. The predicted octanol–water partition coefficient (Wildman–Crippen LogP) is 2.21. The molecule has 1 aromatic rings. The van der Waals surface area contributed by atoms with Crippen molar-refractivity contribution in [3.8, 4) is 0 Å². The molecule has 0 spiro atoms. The zero-order valence-corrected chi connectivity index (χ0v) is 10.2. The quantitative estimate of drug-likeness (QED) is 0.844. The van der Waals surface area contributed by atoms with Gasteiger partial charge in [0.05, 0.1) is 0 Å². The van der Waals surface area contributed by atoms with Crippen molar-refractivity contribution >= 4 is 11.6 Å². The summed E-state index contributed by atoms with van der Waals surface area (Å²) < 4.78 is 0. The Morgan fingerprint density at radius 3 is 2.75 bits per heavy atom. The molecule has 2 heterocycles. The summed E-state index contributed by atoms with van der Waals surface area (Å²) in [6, 6.07) is 2.06. The third-order valence-electron chi connectivity index (χ3n) is 2.81. The number of aryl methyl sites for hydroxylation is 1. The van der Waals surface area contributed by atoms with E-state index in [1.54, 1.807) is 0 Å². The molecule has 4 heteroatoms. The molecule has 0 radical (unpaired) electrons. The normalized spacial score (nSPS) is 15.5. The van der Waals surface area contributed by atoms with Crippen LogP contribution in [0.2, 0.25) is 0 Å². The van der Waals surface area contributed by atoms with Crippen LogP contribution in [0, 0.1) is 6.92 Å². The van der Waals surface area contributed by atoms with Crippen LogP contribution in [-0.2, 0) is 0 Å². The first kappa shape index (κ1) is 11.2. The van der Waals surface area contributed by atoms with E-state index < -0.39 is 0 Å². The molecule has 0 unspecified atom stereocenters. The van der Waals surface area contributed by atoms with E-state index >= 15 is 0 Å². The van der Waals surface area contributed by atoms with Crippen molar-refractivity contribution in [1.29, 1.82) is 0 Å². The zero-order valence-electron chi connectivity index (χ0n) is 10.2. The lowest BCUT2D eigenvalue weighted by molar-refractivity contribution is 0.902. The summed E-state index contributed by atoms with van der Waals surface area (Å²) in [4.78, 5) is 11.2. The van der Waals surface area contributed by atoms with Gasteiger partial charge in [-0.25, -0.2) is 9.97 Å². The Morgan fingerprint density at radius 2 is 2.06 bits per heavy atom. The minimum absolute atomic E-state index is 0.850. The monoisotopic (exact) mass is 220 g/mol. The summed E-state index contributed by atoms with van der Waals surface area (Å²) in [7, 11) is 0. The number of hydrogen-bond donors (Lipinski definition) is 1. The van der Waals surface area contributed by atoms with Crippen LogP contribution in [0.1, 0.15) is 32.0 Å². The van der Waals surface area contributed by atoms with Crippen molar-refractivity contribution < 1.29 is 0 Å². The van der Waals surface area contributed by atoms with Gasteiger partial charge in [-0.15, -0.1) is 0 Å². The average Bonchev–Trinajstić information content (AvgIpc) is 2.79. The Morgan fingerprint density at radius 1 is 1.31 bits per heavy atom. The van der Waals surface area contributed by atoms with Crippen molar-refractivity contribution in [3.05, 3.63) is 11.9 Å². The molecule has 1 aliphatic heterocycles. The minimum Gasteiger partial charge on any atom is -0.370 e. The van der Waals surface area contributed by atoms with Crippen molar-refractivity contribution in [1.82, 2.24) is 9.97 Å². The molecule has 1 fully saturated rings. The van der Waals surface area contributed by atoms with Gasteiger partial charge in [-0.2, -0.15) is 0 Å². The van der Waals surface area contributed by atoms with Gasteiger partial charge in [-0.1, -0.05) is 6.92 Å². The smallest absolute Gasteiger partial charge is 0.134 e. The molecule has 0 amide bonds. The van der Waals surface area contributed by atoms with Gasteiger partial charge >= 0.3 is 0 Å². The van der Waals surface area contributed by atoms with Gasteiger partial charge < -0.3 is 10.2 Å². The summed E-state index contributed by atoms with van der Waals surface area (Å²) in [6.07, 6.45) is 3.67. The van der Waals surface area contributed by atoms with Crippen LogP contribution in [0.3, 0.4) is 0 Å². The molecule has 2 rings (SSSR count). The molecule has 0 bridgehead atoms. The highest BCUT2D eigenvalue weighted by Gasteiger charge is 2.14. The molecule has 1 aliphatic rings. The summed E-state index contributed by atoms with van der Waals surface area (Å²) in [5, 5.41) is 3.32.